The second kappa shape index (κ2) is 19.4. The zero-order valence-electron chi connectivity index (χ0n) is 18.8. The Bertz CT molecular complexity index is 449. The molecule has 1 aromatic rings. The number of quaternary nitrogens is 1. The van der Waals surface area contributed by atoms with Crippen molar-refractivity contribution in [3.05, 3.63) is 35.9 Å². The summed E-state index contributed by atoms with van der Waals surface area (Å²) < 4.78 is 0.800. The number of halogens is 1. The number of nitrogens with zero attached hydrogens (tertiary/aromatic N) is 1. The topological polar surface area (TPSA) is 40.5 Å². The van der Waals surface area contributed by atoms with Crippen LogP contribution in [-0.4, -0.2) is 47.5 Å². The molecule has 0 spiro atoms. The number of unbranched alkanes of at least 4 members (excludes halogenated alkanes) is 11. The van der Waals surface area contributed by atoms with Crippen LogP contribution >= 0.6 is 0 Å². The summed E-state index contributed by atoms with van der Waals surface area (Å²) >= 11 is 0. The molecule has 0 saturated carbocycles. The van der Waals surface area contributed by atoms with Crippen LogP contribution < -0.4 is 12.4 Å². The largest absolute Gasteiger partial charge is 1.00 e. The van der Waals surface area contributed by atoms with Crippen molar-refractivity contribution < 1.29 is 27.1 Å². The normalized spacial score (nSPS) is 11.4. The predicted molar refractivity (Wildman–Crippen MR) is 120 cm³/mol. The first-order valence-corrected chi connectivity index (χ1v) is 11.9. The third kappa shape index (κ3) is 14.1. The molecule has 0 aliphatic carbocycles. The monoisotopic (exact) mass is 427 g/mol. The summed E-state index contributed by atoms with van der Waals surface area (Å²) in [4.78, 5) is 0. The van der Waals surface area contributed by atoms with Crippen molar-refractivity contribution in [2.24, 2.45) is 0 Å². The van der Waals surface area contributed by atoms with Crippen LogP contribution in [0.4, 0.5) is 0 Å². The fourth-order valence-corrected chi connectivity index (χ4v) is 4.26. The average Bonchev–Trinajstić information content (AvgIpc) is 2.70. The second-order valence-corrected chi connectivity index (χ2v) is 8.49. The first-order valence-electron chi connectivity index (χ1n) is 11.9. The van der Waals surface area contributed by atoms with Gasteiger partial charge in [-0.1, -0.05) is 101 Å². The van der Waals surface area contributed by atoms with E-state index in [1.54, 1.807) is 0 Å². The summed E-state index contributed by atoms with van der Waals surface area (Å²) in [5, 5.41) is 19.2. The van der Waals surface area contributed by atoms with Gasteiger partial charge in [0.25, 0.3) is 0 Å². The maximum atomic E-state index is 9.60. The van der Waals surface area contributed by atoms with Crippen LogP contribution in [0, 0.1) is 0 Å². The van der Waals surface area contributed by atoms with Gasteiger partial charge < -0.3 is 27.1 Å². The molecule has 0 aliphatic heterocycles. The molecule has 0 aliphatic rings. The van der Waals surface area contributed by atoms with Gasteiger partial charge >= 0.3 is 0 Å². The number of aliphatic hydroxyl groups is 2. The quantitative estimate of drug-likeness (QED) is 0.263. The summed E-state index contributed by atoms with van der Waals surface area (Å²) in [5.41, 5.74) is 1.29. The van der Waals surface area contributed by atoms with Gasteiger partial charge in [0, 0.05) is 5.56 Å². The smallest absolute Gasteiger partial charge is 0.104 e. The maximum absolute atomic E-state index is 9.60. The molecule has 0 heterocycles. The summed E-state index contributed by atoms with van der Waals surface area (Å²) in [6, 6.07) is 10.5. The summed E-state index contributed by atoms with van der Waals surface area (Å²) in [7, 11) is 0. The third-order valence-electron chi connectivity index (χ3n) is 6.00. The van der Waals surface area contributed by atoms with Gasteiger partial charge in [0.05, 0.1) is 19.8 Å². The molecule has 0 aromatic heterocycles. The van der Waals surface area contributed by atoms with E-state index < -0.39 is 0 Å². The molecule has 0 unspecified atom stereocenters. The maximum Gasteiger partial charge on any atom is 0.104 e. The first kappa shape index (κ1) is 28.4. The van der Waals surface area contributed by atoms with Crippen LogP contribution in [0.2, 0.25) is 0 Å². The molecule has 1 aromatic carbocycles. The minimum atomic E-state index is 0. The highest BCUT2D eigenvalue weighted by molar-refractivity contribution is 5.13. The lowest BCUT2D eigenvalue weighted by atomic mass is 10.0. The number of benzene rings is 1. The molecule has 0 bridgehead atoms. The lowest BCUT2D eigenvalue weighted by Gasteiger charge is -2.38. The first-order chi connectivity index (χ1) is 13.8. The van der Waals surface area contributed by atoms with Gasteiger partial charge in [0.15, 0.2) is 0 Å². The predicted octanol–water partition coefficient (Wildman–Crippen LogP) is 2.69. The van der Waals surface area contributed by atoms with Crippen molar-refractivity contribution in [1.29, 1.82) is 0 Å². The van der Waals surface area contributed by atoms with Gasteiger partial charge in [-0.25, -0.2) is 0 Å². The molecule has 1 rings (SSSR count). The van der Waals surface area contributed by atoms with Crippen molar-refractivity contribution in [3.8, 4) is 0 Å². The van der Waals surface area contributed by atoms with Gasteiger partial charge in [0.1, 0.15) is 19.6 Å². The molecule has 0 amide bonds. The van der Waals surface area contributed by atoms with Crippen molar-refractivity contribution >= 4 is 0 Å². The zero-order chi connectivity index (χ0) is 20.3. The van der Waals surface area contributed by atoms with Gasteiger partial charge in [0.2, 0.25) is 0 Å². The summed E-state index contributed by atoms with van der Waals surface area (Å²) in [5.74, 6) is 0. The fourth-order valence-electron chi connectivity index (χ4n) is 4.26. The van der Waals surface area contributed by atoms with E-state index in [0.717, 1.165) is 30.7 Å². The van der Waals surface area contributed by atoms with E-state index in [1.807, 2.05) is 6.07 Å². The van der Waals surface area contributed by atoms with Gasteiger partial charge in [-0.2, -0.15) is 0 Å². The van der Waals surface area contributed by atoms with Crippen LogP contribution in [-0.2, 0) is 6.54 Å². The third-order valence-corrected chi connectivity index (χ3v) is 6.00. The standard InChI is InChI=1S/C25H46NO2.ClH/c1-2-3-4-5-6-7-8-9-10-11-12-16-19-26(20-22-27,21-23-28)24-25-17-14-13-15-18-25;/h13-15,17-18,27-28H,2-12,16,19-24H2,1H3;1H/q+1;/p-1. The molecule has 170 valence electrons. The summed E-state index contributed by atoms with van der Waals surface area (Å²) in [6.45, 7) is 6.06. The van der Waals surface area contributed by atoms with E-state index in [1.165, 1.54) is 82.6 Å². The minimum Gasteiger partial charge on any atom is -1.00 e. The zero-order valence-corrected chi connectivity index (χ0v) is 19.6. The van der Waals surface area contributed by atoms with E-state index >= 15 is 0 Å². The lowest BCUT2D eigenvalue weighted by molar-refractivity contribution is -0.941. The SMILES string of the molecule is CCCCCCCCCCCCCC[N+](CCO)(CCO)Cc1ccccc1.[Cl-]. The van der Waals surface area contributed by atoms with Crippen molar-refractivity contribution in [2.75, 3.05) is 32.8 Å². The van der Waals surface area contributed by atoms with E-state index in [2.05, 4.69) is 31.2 Å². The highest BCUT2D eigenvalue weighted by atomic mass is 35.5. The van der Waals surface area contributed by atoms with Crippen LogP contribution in [0.15, 0.2) is 30.3 Å². The highest BCUT2D eigenvalue weighted by Crippen LogP contribution is 2.18. The molecule has 0 fully saturated rings. The Hall–Kier alpha value is -0.610. The van der Waals surface area contributed by atoms with E-state index in [-0.39, 0.29) is 25.6 Å². The van der Waals surface area contributed by atoms with Gasteiger partial charge in [-0.15, -0.1) is 0 Å². The fraction of sp³-hybridized carbons (Fsp3) is 0.760. The molecule has 0 saturated heterocycles. The highest BCUT2D eigenvalue weighted by Gasteiger charge is 2.26. The van der Waals surface area contributed by atoms with Gasteiger partial charge in [-0.05, 0) is 12.8 Å². The van der Waals surface area contributed by atoms with Gasteiger partial charge in [-0.3, -0.25) is 0 Å². The van der Waals surface area contributed by atoms with E-state index in [9.17, 15) is 10.2 Å². The Balaban J connectivity index is 0.00000784. The summed E-state index contributed by atoms with van der Waals surface area (Å²) in [6.07, 6.45) is 16.3. The lowest BCUT2D eigenvalue weighted by Crippen LogP contribution is -3.00. The molecule has 4 heteroatoms. The Morgan fingerprint density at radius 1 is 0.621 bits per heavy atom. The minimum absolute atomic E-state index is 0. The van der Waals surface area contributed by atoms with Crippen molar-refractivity contribution in [3.63, 3.8) is 0 Å². The molecule has 29 heavy (non-hydrogen) atoms. The number of hydrogen-bond acceptors (Lipinski definition) is 2. The molecule has 3 nitrogen and oxygen atoms in total. The Morgan fingerprint density at radius 2 is 1.07 bits per heavy atom. The van der Waals surface area contributed by atoms with E-state index in [4.69, 9.17) is 0 Å². The Labute approximate surface area is 186 Å². The van der Waals surface area contributed by atoms with Crippen molar-refractivity contribution in [2.45, 2.75) is 90.5 Å². The molecule has 0 radical (unpaired) electrons. The molecular formula is C25H46ClNO2. The molecule has 2 N–H and O–H groups in total. The van der Waals surface area contributed by atoms with Crippen LogP contribution in [0.5, 0.6) is 0 Å². The molecular weight excluding hydrogens is 382 g/mol. The number of aliphatic hydroxyl groups excluding tert-OH is 2. The van der Waals surface area contributed by atoms with E-state index in [0.29, 0.717) is 0 Å². The Morgan fingerprint density at radius 3 is 1.52 bits per heavy atom. The average molecular weight is 428 g/mol. The Kier molecular flexibility index (Phi) is 19.0. The van der Waals surface area contributed by atoms with Crippen LogP contribution in [0.1, 0.15) is 89.5 Å². The number of hydrogen-bond donors (Lipinski definition) is 2. The second-order valence-electron chi connectivity index (χ2n) is 8.49. The number of rotatable bonds is 19. The van der Waals surface area contributed by atoms with Crippen LogP contribution in [0.3, 0.4) is 0 Å². The van der Waals surface area contributed by atoms with Crippen LogP contribution in [0.25, 0.3) is 0 Å². The molecule has 0 atom stereocenters. The van der Waals surface area contributed by atoms with Crippen molar-refractivity contribution in [1.82, 2.24) is 0 Å².